The van der Waals surface area contributed by atoms with Crippen LogP contribution < -0.4 is 10.2 Å². The summed E-state index contributed by atoms with van der Waals surface area (Å²) in [5.41, 5.74) is 2.20. The number of hydrogen-bond donors (Lipinski definition) is 1. The summed E-state index contributed by atoms with van der Waals surface area (Å²) >= 11 is 0. The van der Waals surface area contributed by atoms with E-state index >= 15 is 0 Å². The molecule has 3 aromatic rings. The van der Waals surface area contributed by atoms with Gasteiger partial charge in [-0.3, -0.25) is 0 Å². The lowest BCUT2D eigenvalue weighted by atomic mass is 10.1. The third kappa shape index (κ3) is 4.34. The van der Waals surface area contributed by atoms with E-state index in [1.54, 1.807) is 31.5 Å². The zero-order chi connectivity index (χ0) is 22.8. The van der Waals surface area contributed by atoms with Gasteiger partial charge < -0.3 is 10.1 Å². The zero-order valence-electron chi connectivity index (χ0n) is 18.3. The van der Waals surface area contributed by atoms with Crippen LogP contribution in [0.15, 0.2) is 36.9 Å². The van der Waals surface area contributed by atoms with Crippen molar-refractivity contribution in [2.45, 2.75) is 39.8 Å². The van der Waals surface area contributed by atoms with Crippen molar-refractivity contribution in [3.8, 4) is 11.1 Å². The highest BCUT2D eigenvalue weighted by Crippen LogP contribution is 2.25. The molecule has 9 nitrogen and oxygen atoms in total. The summed E-state index contributed by atoms with van der Waals surface area (Å²) in [5, 5.41) is 3.14. The normalized spacial score (nSPS) is 16.9. The number of ether oxygens (including phenoxy) is 1. The number of aromatic nitrogens is 5. The standard InChI is InChI=1S/C22H24FN7O2/c1-12(2)18-10-32-22(31)30(18)21-27-11-26-20(29-21)28-14(4)19-24-8-16(9-25-19)15-5-6-17(23)13(3)7-15/h5-9,11-12,14,18H,10H2,1-4H3,(H,26,27,28,29)/t14-,18-/m1/s1. The van der Waals surface area contributed by atoms with E-state index in [0.29, 0.717) is 23.9 Å². The number of nitrogens with one attached hydrogen (secondary N) is 1. The number of carbonyl (C=O) groups is 1. The predicted molar refractivity (Wildman–Crippen MR) is 116 cm³/mol. The summed E-state index contributed by atoms with van der Waals surface area (Å²) in [6, 6.07) is 4.45. The quantitative estimate of drug-likeness (QED) is 0.618. The van der Waals surface area contributed by atoms with Crippen LogP contribution in [0.25, 0.3) is 11.1 Å². The van der Waals surface area contributed by atoms with Gasteiger partial charge in [0.25, 0.3) is 0 Å². The highest BCUT2D eigenvalue weighted by Gasteiger charge is 2.38. The molecule has 0 aliphatic carbocycles. The van der Waals surface area contributed by atoms with Crippen molar-refractivity contribution in [2.24, 2.45) is 5.92 Å². The van der Waals surface area contributed by atoms with E-state index in [2.05, 4.69) is 30.2 Å². The average molecular weight is 437 g/mol. The molecule has 0 saturated carbocycles. The van der Waals surface area contributed by atoms with Gasteiger partial charge in [-0.1, -0.05) is 19.9 Å². The van der Waals surface area contributed by atoms with Gasteiger partial charge in [0.15, 0.2) is 0 Å². The fourth-order valence-electron chi connectivity index (χ4n) is 3.42. The first-order valence-corrected chi connectivity index (χ1v) is 10.3. The number of benzene rings is 1. The molecule has 1 aliphatic rings. The van der Waals surface area contributed by atoms with Crippen LogP contribution in [-0.4, -0.2) is 43.7 Å². The summed E-state index contributed by atoms with van der Waals surface area (Å²) in [7, 11) is 0. The van der Waals surface area contributed by atoms with Crippen molar-refractivity contribution in [1.29, 1.82) is 0 Å². The minimum absolute atomic E-state index is 0.138. The molecule has 32 heavy (non-hydrogen) atoms. The van der Waals surface area contributed by atoms with Crippen LogP contribution in [0.1, 0.15) is 38.2 Å². The van der Waals surface area contributed by atoms with Crippen LogP contribution in [0.3, 0.4) is 0 Å². The van der Waals surface area contributed by atoms with Crippen LogP contribution in [0.2, 0.25) is 0 Å². The monoisotopic (exact) mass is 437 g/mol. The zero-order valence-corrected chi connectivity index (χ0v) is 18.3. The van der Waals surface area contributed by atoms with Crippen molar-refractivity contribution >= 4 is 18.0 Å². The second-order valence-corrected chi connectivity index (χ2v) is 8.03. The Morgan fingerprint density at radius 1 is 1.12 bits per heavy atom. The Morgan fingerprint density at radius 3 is 2.56 bits per heavy atom. The van der Waals surface area contributed by atoms with Gasteiger partial charge in [-0.2, -0.15) is 4.98 Å². The molecule has 3 heterocycles. The molecule has 0 spiro atoms. The lowest BCUT2D eigenvalue weighted by Gasteiger charge is -2.22. The number of anilines is 2. The van der Waals surface area contributed by atoms with Crippen molar-refractivity contribution < 1.29 is 13.9 Å². The molecular formula is C22H24FN7O2. The molecule has 0 radical (unpaired) electrons. The Morgan fingerprint density at radius 2 is 1.88 bits per heavy atom. The third-order valence-electron chi connectivity index (χ3n) is 5.35. The van der Waals surface area contributed by atoms with E-state index in [9.17, 15) is 9.18 Å². The molecule has 1 aromatic carbocycles. The summed E-state index contributed by atoms with van der Waals surface area (Å²) in [4.78, 5) is 35.2. The first-order chi connectivity index (χ1) is 15.3. The van der Waals surface area contributed by atoms with Gasteiger partial charge in [0.1, 0.15) is 24.6 Å². The van der Waals surface area contributed by atoms with Gasteiger partial charge in [0.05, 0.1) is 12.1 Å². The molecule has 0 unspecified atom stereocenters. The Hall–Kier alpha value is -3.69. The van der Waals surface area contributed by atoms with E-state index < -0.39 is 6.09 Å². The number of aryl methyl sites for hydroxylation is 1. The van der Waals surface area contributed by atoms with Gasteiger partial charge >= 0.3 is 6.09 Å². The SMILES string of the molecule is Cc1cc(-c2cnc([C@@H](C)Nc3ncnc(N4C(=O)OC[C@@H]4C(C)C)n3)nc2)ccc1F. The fraction of sp³-hybridized carbons (Fsp3) is 0.364. The Bertz CT molecular complexity index is 1120. The smallest absolute Gasteiger partial charge is 0.417 e. The second kappa shape index (κ2) is 8.81. The molecule has 1 amide bonds. The van der Waals surface area contributed by atoms with Gasteiger partial charge in [-0.25, -0.2) is 34.0 Å². The summed E-state index contributed by atoms with van der Waals surface area (Å²) in [6.45, 7) is 7.91. The van der Waals surface area contributed by atoms with E-state index in [4.69, 9.17) is 4.74 Å². The van der Waals surface area contributed by atoms with Crippen molar-refractivity contribution in [3.63, 3.8) is 0 Å². The maximum atomic E-state index is 13.5. The molecule has 1 fully saturated rings. The number of hydrogen-bond acceptors (Lipinski definition) is 8. The predicted octanol–water partition coefficient (Wildman–Crippen LogP) is 3.93. The Balaban J connectivity index is 1.49. The second-order valence-electron chi connectivity index (χ2n) is 8.03. The van der Waals surface area contributed by atoms with Crippen molar-refractivity contribution in [2.75, 3.05) is 16.8 Å². The highest BCUT2D eigenvalue weighted by molar-refractivity contribution is 5.88. The molecule has 10 heteroatoms. The first-order valence-electron chi connectivity index (χ1n) is 10.3. The van der Waals surface area contributed by atoms with E-state index in [1.807, 2.05) is 20.8 Å². The molecular weight excluding hydrogens is 413 g/mol. The van der Waals surface area contributed by atoms with Crippen LogP contribution >= 0.6 is 0 Å². The number of amides is 1. The van der Waals surface area contributed by atoms with E-state index in [1.165, 1.54) is 17.3 Å². The van der Waals surface area contributed by atoms with Gasteiger partial charge in [-0.05, 0) is 43.0 Å². The lowest BCUT2D eigenvalue weighted by Crippen LogP contribution is -2.38. The van der Waals surface area contributed by atoms with Gasteiger partial charge in [-0.15, -0.1) is 0 Å². The van der Waals surface area contributed by atoms with Crippen LogP contribution in [0, 0.1) is 18.7 Å². The van der Waals surface area contributed by atoms with Crippen molar-refractivity contribution in [3.05, 3.63) is 54.1 Å². The topological polar surface area (TPSA) is 106 Å². The Labute approximate surface area is 185 Å². The average Bonchev–Trinajstić information content (AvgIpc) is 3.18. The van der Waals surface area contributed by atoms with Crippen LogP contribution in [-0.2, 0) is 4.74 Å². The molecule has 2 aromatic heterocycles. The summed E-state index contributed by atoms with van der Waals surface area (Å²) in [5.74, 6) is 1.01. The highest BCUT2D eigenvalue weighted by atomic mass is 19.1. The fourth-order valence-corrected chi connectivity index (χ4v) is 3.42. The maximum Gasteiger partial charge on any atom is 0.417 e. The molecule has 0 bridgehead atoms. The molecule has 1 N–H and O–H groups in total. The summed E-state index contributed by atoms with van der Waals surface area (Å²) < 4.78 is 18.7. The third-order valence-corrected chi connectivity index (χ3v) is 5.35. The number of cyclic esters (lactones) is 1. The lowest BCUT2D eigenvalue weighted by molar-refractivity contribution is 0.177. The van der Waals surface area contributed by atoms with Crippen molar-refractivity contribution in [1.82, 2.24) is 24.9 Å². The molecule has 2 atom stereocenters. The molecule has 1 aliphatic heterocycles. The molecule has 4 rings (SSSR count). The van der Waals surface area contributed by atoms with E-state index in [0.717, 1.165) is 11.1 Å². The van der Waals surface area contributed by atoms with Crippen LogP contribution in [0.5, 0.6) is 0 Å². The Kier molecular flexibility index (Phi) is 5.93. The minimum atomic E-state index is -0.469. The largest absolute Gasteiger partial charge is 0.447 e. The summed E-state index contributed by atoms with van der Waals surface area (Å²) in [6.07, 6.45) is 4.27. The number of rotatable bonds is 6. The maximum absolute atomic E-state index is 13.5. The number of carbonyl (C=O) groups excluding carboxylic acids is 1. The van der Waals surface area contributed by atoms with E-state index in [-0.39, 0.29) is 29.8 Å². The molecule has 1 saturated heterocycles. The number of halogens is 1. The van der Waals surface area contributed by atoms with Crippen LogP contribution in [0.4, 0.5) is 21.1 Å². The minimum Gasteiger partial charge on any atom is -0.447 e. The molecule has 166 valence electrons. The van der Waals surface area contributed by atoms with Gasteiger partial charge in [0.2, 0.25) is 11.9 Å². The first kappa shape index (κ1) is 21.5. The number of nitrogens with zero attached hydrogens (tertiary/aromatic N) is 6. The van der Waals surface area contributed by atoms with Gasteiger partial charge in [0, 0.05) is 18.0 Å².